The molecule has 0 aliphatic heterocycles. The summed E-state index contributed by atoms with van der Waals surface area (Å²) in [4.78, 5) is 16.1. The summed E-state index contributed by atoms with van der Waals surface area (Å²) in [6.45, 7) is 2.36. The van der Waals surface area contributed by atoms with Gasteiger partial charge in [0.1, 0.15) is 0 Å². The lowest BCUT2D eigenvalue weighted by molar-refractivity contribution is -0.123. The van der Waals surface area contributed by atoms with Crippen LogP contribution in [0, 0.1) is 5.41 Å². The summed E-state index contributed by atoms with van der Waals surface area (Å²) in [6, 6.07) is 0. The molecule has 21 heavy (non-hydrogen) atoms. The van der Waals surface area contributed by atoms with Crippen molar-refractivity contribution >= 4 is 5.91 Å². The molecular formula is C16H28N4O. The number of imidazole rings is 1. The number of amides is 1. The van der Waals surface area contributed by atoms with Gasteiger partial charge < -0.3 is 15.6 Å². The van der Waals surface area contributed by atoms with Gasteiger partial charge in [-0.25, -0.2) is 4.98 Å². The first-order valence-corrected chi connectivity index (χ1v) is 8.17. The Morgan fingerprint density at radius 1 is 1.29 bits per heavy atom. The lowest BCUT2D eigenvalue weighted by atomic mass is 9.71. The first-order chi connectivity index (χ1) is 10.2. The van der Waals surface area contributed by atoms with E-state index >= 15 is 0 Å². The van der Waals surface area contributed by atoms with Crippen LogP contribution in [0.1, 0.15) is 51.4 Å². The smallest absolute Gasteiger partial charge is 0.220 e. The first-order valence-electron chi connectivity index (χ1n) is 8.17. The van der Waals surface area contributed by atoms with Gasteiger partial charge in [-0.2, -0.15) is 0 Å². The number of nitrogens with two attached hydrogens (primary N) is 1. The van der Waals surface area contributed by atoms with E-state index < -0.39 is 0 Å². The number of unbranched alkanes of at least 4 members (excludes halogenated alkanes) is 1. The molecule has 2 rings (SSSR count). The van der Waals surface area contributed by atoms with Crippen molar-refractivity contribution in [1.82, 2.24) is 14.9 Å². The second kappa shape index (κ2) is 8.17. The summed E-state index contributed by atoms with van der Waals surface area (Å²) in [7, 11) is 0. The van der Waals surface area contributed by atoms with Crippen LogP contribution in [0.2, 0.25) is 0 Å². The topological polar surface area (TPSA) is 72.9 Å². The van der Waals surface area contributed by atoms with Crippen molar-refractivity contribution in [3.8, 4) is 0 Å². The molecular weight excluding hydrogens is 264 g/mol. The van der Waals surface area contributed by atoms with E-state index in [0.29, 0.717) is 13.0 Å². The molecule has 3 N–H and O–H groups in total. The molecule has 1 fully saturated rings. The third kappa shape index (κ3) is 5.16. The average molecular weight is 292 g/mol. The predicted molar refractivity (Wildman–Crippen MR) is 83.7 cm³/mol. The summed E-state index contributed by atoms with van der Waals surface area (Å²) >= 11 is 0. The highest BCUT2D eigenvalue weighted by atomic mass is 16.1. The van der Waals surface area contributed by atoms with Gasteiger partial charge in [-0.1, -0.05) is 19.3 Å². The minimum absolute atomic E-state index is 0.0686. The second-order valence-electron chi connectivity index (χ2n) is 6.30. The van der Waals surface area contributed by atoms with Crippen molar-refractivity contribution < 1.29 is 4.79 Å². The molecule has 0 saturated heterocycles. The Kier molecular flexibility index (Phi) is 6.23. The van der Waals surface area contributed by atoms with Gasteiger partial charge in [-0.3, -0.25) is 4.79 Å². The highest BCUT2D eigenvalue weighted by Crippen LogP contribution is 2.38. The predicted octanol–water partition coefficient (Wildman–Crippen LogP) is 2.08. The number of hydrogen-bond donors (Lipinski definition) is 2. The zero-order valence-electron chi connectivity index (χ0n) is 12.9. The van der Waals surface area contributed by atoms with Gasteiger partial charge in [-0.15, -0.1) is 0 Å². The van der Waals surface area contributed by atoms with Gasteiger partial charge >= 0.3 is 0 Å². The number of nitrogens with one attached hydrogen (secondary N) is 1. The van der Waals surface area contributed by atoms with E-state index in [1.54, 1.807) is 6.20 Å². The van der Waals surface area contributed by atoms with E-state index in [1.807, 2.05) is 12.5 Å². The van der Waals surface area contributed by atoms with Gasteiger partial charge in [0.05, 0.1) is 6.33 Å². The maximum absolute atomic E-state index is 12.1. The monoisotopic (exact) mass is 292 g/mol. The quantitative estimate of drug-likeness (QED) is 0.720. The normalized spacial score (nSPS) is 17.6. The molecule has 1 saturated carbocycles. The summed E-state index contributed by atoms with van der Waals surface area (Å²) < 4.78 is 2.06. The SMILES string of the molecule is NCC1(CC(=O)NCCCCn2ccnc2)CCCCC1. The average Bonchev–Trinajstić information content (AvgIpc) is 3.01. The third-order valence-electron chi connectivity index (χ3n) is 4.61. The molecule has 5 heteroatoms. The number of hydrogen-bond acceptors (Lipinski definition) is 3. The second-order valence-corrected chi connectivity index (χ2v) is 6.30. The van der Waals surface area contributed by atoms with Crippen LogP contribution in [0.4, 0.5) is 0 Å². The molecule has 1 aromatic rings. The highest BCUT2D eigenvalue weighted by molar-refractivity contribution is 5.76. The molecule has 1 amide bonds. The fraction of sp³-hybridized carbons (Fsp3) is 0.750. The Hall–Kier alpha value is -1.36. The Balaban J connectivity index is 1.60. The van der Waals surface area contributed by atoms with E-state index in [0.717, 1.165) is 38.8 Å². The van der Waals surface area contributed by atoms with Crippen LogP contribution in [0.3, 0.4) is 0 Å². The Bertz CT molecular complexity index is 410. The van der Waals surface area contributed by atoms with E-state index in [1.165, 1.54) is 19.3 Å². The maximum Gasteiger partial charge on any atom is 0.220 e. The van der Waals surface area contributed by atoms with Crippen molar-refractivity contribution in [3.05, 3.63) is 18.7 Å². The van der Waals surface area contributed by atoms with Crippen molar-refractivity contribution in [2.45, 2.75) is 57.9 Å². The lowest BCUT2D eigenvalue weighted by Crippen LogP contribution is -2.38. The van der Waals surface area contributed by atoms with Crippen LogP contribution in [0.25, 0.3) is 0 Å². The van der Waals surface area contributed by atoms with Crippen LogP contribution in [-0.2, 0) is 11.3 Å². The Morgan fingerprint density at radius 2 is 2.10 bits per heavy atom. The Morgan fingerprint density at radius 3 is 2.76 bits per heavy atom. The Labute approximate surface area is 127 Å². The zero-order valence-corrected chi connectivity index (χ0v) is 12.9. The largest absolute Gasteiger partial charge is 0.356 e. The van der Waals surface area contributed by atoms with E-state index in [9.17, 15) is 4.79 Å². The number of nitrogens with zero attached hydrogens (tertiary/aromatic N) is 2. The molecule has 1 heterocycles. The van der Waals surface area contributed by atoms with E-state index in [-0.39, 0.29) is 11.3 Å². The van der Waals surface area contributed by atoms with Gasteiger partial charge in [-0.05, 0) is 37.6 Å². The summed E-state index contributed by atoms with van der Waals surface area (Å²) in [5, 5.41) is 3.05. The van der Waals surface area contributed by atoms with E-state index in [2.05, 4.69) is 14.9 Å². The van der Waals surface area contributed by atoms with Crippen molar-refractivity contribution in [1.29, 1.82) is 0 Å². The molecule has 5 nitrogen and oxygen atoms in total. The summed E-state index contributed by atoms with van der Waals surface area (Å²) in [5.41, 5.74) is 6.00. The van der Waals surface area contributed by atoms with Crippen molar-refractivity contribution in [2.24, 2.45) is 11.1 Å². The lowest BCUT2D eigenvalue weighted by Gasteiger charge is -2.35. The van der Waals surface area contributed by atoms with Crippen molar-refractivity contribution in [2.75, 3.05) is 13.1 Å². The molecule has 0 radical (unpaired) electrons. The molecule has 118 valence electrons. The fourth-order valence-corrected chi connectivity index (χ4v) is 3.22. The van der Waals surface area contributed by atoms with Crippen LogP contribution in [0.15, 0.2) is 18.7 Å². The number of aryl methyl sites for hydroxylation is 1. The maximum atomic E-state index is 12.1. The van der Waals surface area contributed by atoms with Crippen molar-refractivity contribution in [3.63, 3.8) is 0 Å². The van der Waals surface area contributed by atoms with Crippen LogP contribution < -0.4 is 11.1 Å². The van der Waals surface area contributed by atoms with Crippen LogP contribution in [-0.4, -0.2) is 28.5 Å². The number of rotatable bonds is 8. The summed E-state index contributed by atoms with van der Waals surface area (Å²) in [6.07, 6.45) is 14.2. The van der Waals surface area contributed by atoms with Gasteiger partial charge in [0.25, 0.3) is 0 Å². The number of carbonyl (C=O) groups is 1. The molecule has 0 bridgehead atoms. The molecule has 1 aliphatic rings. The number of aromatic nitrogens is 2. The molecule has 0 atom stereocenters. The molecule has 0 spiro atoms. The molecule has 1 aromatic heterocycles. The standard InChI is InChI=1S/C16H28N4O/c17-13-16(6-2-1-3-7-16)12-15(21)19-8-4-5-10-20-11-9-18-14-20/h9,11,14H,1-8,10,12-13,17H2,(H,19,21). The number of carbonyl (C=O) groups excluding carboxylic acids is 1. The van der Waals surface area contributed by atoms with Crippen LogP contribution in [0.5, 0.6) is 0 Å². The fourth-order valence-electron chi connectivity index (χ4n) is 3.22. The first kappa shape index (κ1) is 16.0. The van der Waals surface area contributed by atoms with Crippen LogP contribution >= 0.6 is 0 Å². The summed E-state index contributed by atoms with van der Waals surface area (Å²) in [5.74, 6) is 0.171. The van der Waals surface area contributed by atoms with Gasteiger partial charge in [0.2, 0.25) is 5.91 Å². The van der Waals surface area contributed by atoms with Gasteiger partial charge in [0, 0.05) is 31.9 Å². The molecule has 0 aromatic carbocycles. The molecule has 1 aliphatic carbocycles. The van der Waals surface area contributed by atoms with Gasteiger partial charge in [0.15, 0.2) is 0 Å². The molecule has 0 unspecified atom stereocenters. The van der Waals surface area contributed by atoms with E-state index in [4.69, 9.17) is 5.73 Å². The third-order valence-corrected chi connectivity index (χ3v) is 4.61. The highest BCUT2D eigenvalue weighted by Gasteiger charge is 2.32. The minimum atomic E-state index is 0.0686. The zero-order chi connectivity index (χ0) is 15.0. The minimum Gasteiger partial charge on any atom is -0.356 e.